The summed E-state index contributed by atoms with van der Waals surface area (Å²) in [7, 11) is 3.54. The smallest absolute Gasteiger partial charge is 0.257 e. The molecule has 0 fully saturated rings. The van der Waals surface area contributed by atoms with Gasteiger partial charge in [-0.25, -0.2) is 0 Å². The topological polar surface area (TPSA) is 45.2 Å². The molecule has 2 aromatic rings. The van der Waals surface area contributed by atoms with Crippen LogP contribution in [-0.4, -0.2) is 29.9 Å². The normalized spacial score (nSPS) is 10.2. The molecule has 0 aliphatic rings. The summed E-state index contributed by atoms with van der Waals surface area (Å²) in [6, 6.07) is 9.26. The molecule has 2 rings (SSSR count). The van der Waals surface area contributed by atoms with Gasteiger partial charge >= 0.3 is 0 Å². The second kappa shape index (κ2) is 6.39. The van der Waals surface area contributed by atoms with E-state index in [0.29, 0.717) is 17.1 Å². The summed E-state index contributed by atoms with van der Waals surface area (Å²) in [6.45, 7) is 0.497. The third-order valence-corrected chi connectivity index (χ3v) is 3.21. The standard InChI is InChI=1S/C15H16ClN3O/c1-17-14-6-7-18-9-13(14)15(20)19(2)10-11-4-3-5-12(16)8-11/h3-9H,10H2,1-2H3,(H,17,18). The number of halogens is 1. The lowest BCUT2D eigenvalue weighted by atomic mass is 10.1. The number of hydrogen-bond acceptors (Lipinski definition) is 3. The maximum absolute atomic E-state index is 12.4. The van der Waals surface area contributed by atoms with E-state index in [1.807, 2.05) is 24.3 Å². The van der Waals surface area contributed by atoms with Crippen molar-refractivity contribution in [2.45, 2.75) is 6.54 Å². The van der Waals surface area contributed by atoms with Gasteiger partial charge in [-0.2, -0.15) is 0 Å². The first kappa shape index (κ1) is 14.3. The number of carbonyl (C=O) groups is 1. The van der Waals surface area contributed by atoms with Crippen LogP contribution >= 0.6 is 11.6 Å². The van der Waals surface area contributed by atoms with Crippen LogP contribution in [0.5, 0.6) is 0 Å². The summed E-state index contributed by atoms with van der Waals surface area (Å²) in [5.41, 5.74) is 2.31. The maximum atomic E-state index is 12.4. The van der Waals surface area contributed by atoms with Crippen molar-refractivity contribution in [3.63, 3.8) is 0 Å². The van der Waals surface area contributed by atoms with Crippen LogP contribution in [0.4, 0.5) is 5.69 Å². The van der Waals surface area contributed by atoms with Crippen LogP contribution in [0, 0.1) is 0 Å². The second-order valence-corrected chi connectivity index (χ2v) is 4.90. The SMILES string of the molecule is CNc1ccncc1C(=O)N(C)Cc1cccc(Cl)c1. The fourth-order valence-corrected chi connectivity index (χ4v) is 2.18. The number of pyridine rings is 1. The molecule has 1 aromatic heterocycles. The molecule has 0 aliphatic heterocycles. The van der Waals surface area contributed by atoms with Crippen molar-refractivity contribution in [1.82, 2.24) is 9.88 Å². The lowest BCUT2D eigenvalue weighted by molar-refractivity contribution is 0.0785. The third kappa shape index (κ3) is 3.27. The molecule has 20 heavy (non-hydrogen) atoms. The highest BCUT2D eigenvalue weighted by Crippen LogP contribution is 2.17. The maximum Gasteiger partial charge on any atom is 0.257 e. The molecule has 0 saturated heterocycles. The highest BCUT2D eigenvalue weighted by atomic mass is 35.5. The third-order valence-electron chi connectivity index (χ3n) is 2.98. The zero-order chi connectivity index (χ0) is 14.5. The van der Waals surface area contributed by atoms with E-state index >= 15 is 0 Å². The molecule has 0 spiro atoms. The summed E-state index contributed by atoms with van der Waals surface area (Å²) in [5.74, 6) is -0.0811. The van der Waals surface area contributed by atoms with Gasteiger partial charge in [-0.15, -0.1) is 0 Å². The highest BCUT2D eigenvalue weighted by molar-refractivity contribution is 6.30. The molecule has 0 radical (unpaired) electrons. The highest BCUT2D eigenvalue weighted by Gasteiger charge is 2.15. The van der Waals surface area contributed by atoms with Crippen molar-refractivity contribution in [1.29, 1.82) is 0 Å². The minimum Gasteiger partial charge on any atom is -0.387 e. The Bertz CT molecular complexity index is 616. The quantitative estimate of drug-likeness (QED) is 0.941. The van der Waals surface area contributed by atoms with E-state index in [4.69, 9.17) is 11.6 Å². The van der Waals surface area contributed by atoms with Gasteiger partial charge < -0.3 is 10.2 Å². The Balaban J connectivity index is 2.16. The summed E-state index contributed by atoms with van der Waals surface area (Å²) in [6.07, 6.45) is 3.22. The first-order valence-corrected chi connectivity index (χ1v) is 6.61. The predicted molar refractivity (Wildman–Crippen MR) is 81.0 cm³/mol. The van der Waals surface area contributed by atoms with Gasteiger partial charge in [-0.05, 0) is 23.8 Å². The Morgan fingerprint density at radius 3 is 2.90 bits per heavy atom. The fourth-order valence-electron chi connectivity index (χ4n) is 1.97. The molecule has 104 valence electrons. The first-order valence-electron chi connectivity index (χ1n) is 6.23. The van der Waals surface area contributed by atoms with Crippen LogP contribution in [0.2, 0.25) is 5.02 Å². The van der Waals surface area contributed by atoms with E-state index in [2.05, 4.69) is 10.3 Å². The zero-order valence-electron chi connectivity index (χ0n) is 11.4. The average Bonchev–Trinajstić information content (AvgIpc) is 2.46. The number of rotatable bonds is 4. The molecular weight excluding hydrogens is 274 g/mol. The van der Waals surface area contributed by atoms with Gasteiger partial charge in [0.1, 0.15) is 0 Å². The second-order valence-electron chi connectivity index (χ2n) is 4.46. The summed E-state index contributed by atoms with van der Waals surface area (Å²) >= 11 is 5.95. The summed E-state index contributed by atoms with van der Waals surface area (Å²) < 4.78 is 0. The monoisotopic (exact) mass is 289 g/mol. The molecule has 1 aromatic carbocycles. The number of aromatic nitrogens is 1. The van der Waals surface area contributed by atoms with E-state index < -0.39 is 0 Å². The molecule has 0 bridgehead atoms. The molecule has 4 nitrogen and oxygen atoms in total. The van der Waals surface area contributed by atoms with Crippen molar-refractivity contribution in [3.8, 4) is 0 Å². The van der Waals surface area contributed by atoms with Crippen molar-refractivity contribution in [2.24, 2.45) is 0 Å². The molecule has 1 amide bonds. The minimum atomic E-state index is -0.0811. The van der Waals surface area contributed by atoms with Crippen molar-refractivity contribution in [2.75, 3.05) is 19.4 Å². The minimum absolute atomic E-state index is 0.0811. The molecule has 1 heterocycles. The fraction of sp³-hybridized carbons (Fsp3) is 0.200. The van der Waals surface area contributed by atoms with Gasteiger partial charge in [-0.1, -0.05) is 23.7 Å². The molecular formula is C15H16ClN3O. The van der Waals surface area contributed by atoms with Crippen LogP contribution in [-0.2, 0) is 6.54 Å². The number of anilines is 1. The summed E-state index contributed by atoms with van der Waals surface area (Å²) in [5, 5.41) is 3.66. The number of nitrogens with one attached hydrogen (secondary N) is 1. The average molecular weight is 290 g/mol. The summed E-state index contributed by atoms with van der Waals surface area (Å²) in [4.78, 5) is 18.1. The lowest BCUT2D eigenvalue weighted by Crippen LogP contribution is -2.27. The Hall–Kier alpha value is -2.07. The van der Waals surface area contributed by atoms with E-state index in [1.165, 1.54) is 0 Å². The van der Waals surface area contributed by atoms with Gasteiger partial charge in [0.2, 0.25) is 0 Å². The van der Waals surface area contributed by atoms with Gasteiger partial charge in [0.05, 0.1) is 5.56 Å². The Labute approximate surface area is 123 Å². The van der Waals surface area contributed by atoms with Crippen LogP contribution in [0.15, 0.2) is 42.7 Å². The number of amides is 1. The first-order chi connectivity index (χ1) is 9.61. The largest absolute Gasteiger partial charge is 0.387 e. The van der Waals surface area contributed by atoms with Gasteiger partial charge in [0.25, 0.3) is 5.91 Å². The molecule has 0 saturated carbocycles. The number of carbonyl (C=O) groups excluding carboxylic acids is 1. The Kier molecular flexibility index (Phi) is 4.58. The Morgan fingerprint density at radius 2 is 2.20 bits per heavy atom. The number of nitrogens with zero attached hydrogens (tertiary/aromatic N) is 2. The van der Waals surface area contributed by atoms with Gasteiger partial charge in [0.15, 0.2) is 0 Å². The van der Waals surface area contributed by atoms with Crippen molar-refractivity contribution >= 4 is 23.2 Å². The van der Waals surface area contributed by atoms with Crippen LogP contribution in [0.25, 0.3) is 0 Å². The molecule has 1 N–H and O–H groups in total. The van der Waals surface area contributed by atoms with Crippen molar-refractivity contribution in [3.05, 3.63) is 58.9 Å². The molecule has 0 aliphatic carbocycles. The molecule has 5 heteroatoms. The zero-order valence-corrected chi connectivity index (χ0v) is 12.2. The molecule has 0 atom stereocenters. The van der Waals surface area contributed by atoms with Crippen molar-refractivity contribution < 1.29 is 4.79 Å². The van der Waals surface area contributed by atoms with Gasteiger partial charge in [-0.3, -0.25) is 9.78 Å². The number of benzene rings is 1. The molecule has 0 unspecified atom stereocenters. The van der Waals surface area contributed by atoms with E-state index in [-0.39, 0.29) is 5.91 Å². The van der Waals surface area contributed by atoms with E-state index in [1.54, 1.807) is 37.5 Å². The van der Waals surface area contributed by atoms with Crippen LogP contribution in [0.1, 0.15) is 15.9 Å². The number of hydrogen-bond donors (Lipinski definition) is 1. The van der Waals surface area contributed by atoms with Gasteiger partial charge in [0, 0.05) is 43.7 Å². The van der Waals surface area contributed by atoms with Crippen LogP contribution < -0.4 is 5.32 Å². The Morgan fingerprint density at radius 1 is 1.40 bits per heavy atom. The van der Waals surface area contributed by atoms with Crippen LogP contribution in [0.3, 0.4) is 0 Å². The van der Waals surface area contributed by atoms with E-state index in [0.717, 1.165) is 11.3 Å². The predicted octanol–water partition coefficient (Wildman–Crippen LogP) is 3.05. The van der Waals surface area contributed by atoms with E-state index in [9.17, 15) is 4.79 Å². The lowest BCUT2D eigenvalue weighted by Gasteiger charge is -2.19.